The fraction of sp³-hybridized carbons (Fsp3) is 0.500. The summed E-state index contributed by atoms with van der Waals surface area (Å²) in [5.74, 6) is 1.41. The monoisotopic (exact) mass is 321 g/mol. The second-order valence-corrected chi connectivity index (χ2v) is 5.91. The lowest BCUT2D eigenvalue weighted by Gasteiger charge is -2.10. The van der Waals surface area contributed by atoms with Crippen LogP contribution in [0.3, 0.4) is 0 Å². The summed E-state index contributed by atoms with van der Waals surface area (Å²) < 4.78 is 11.0. The summed E-state index contributed by atoms with van der Waals surface area (Å²) in [4.78, 5) is 8.53. The van der Waals surface area contributed by atoms with Gasteiger partial charge in [-0.2, -0.15) is 0 Å². The molecule has 22 heavy (non-hydrogen) atoms. The molecule has 2 aromatic rings. The molecule has 6 heteroatoms. The first kappa shape index (κ1) is 15.5. The van der Waals surface area contributed by atoms with Gasteiger partial charge in [-0.25, -0.2) is 9.97 Å². The molecular weight excluding hydrogens is 302 g/mol. The van der Waals surface area contributed by atoms with Gasteiger partial charge in [0.1, 0.15) is 12.1 Å². The normalized spacial score (nSPS) is 18.0. The van der Waals surface area contributed by atoms with E-state index in [1.54, 1.807) is 6.33 Å². The summed E-state index contributed by atoms with van der Waals surface area (Å²) in [6.45, 7) is 4.08. The van der Waals surface area contributed by atoms with E-state index >= 15 is 0 Å². The minimum absolute atomic E-state index is 0.573. The zero-order valence-corrected chi connectivity index (χ0v) is 13.2. The van der Waals surface area contributed by atoms with E-state index in [4.69, 9.17) is 21.1 Å². The Morgan fingerprint density at radius 1 is 1.36 bits per heavy atom. The van der Waals surface area contributed by atoms with Crippen LogP contribution in [0.1, 0.15) is 12.8 Å². The van der Waals surface area contributed by atoms with Crippen LogP contribution in [0.25, 0.3) is 10.9 Å². The van der Waals surface area contributed by atoms with Crippen molar-refractivity contribution in [3.63, 3.8) is 0 Å². The molecule has 5 nitrogen and oxygen atoms in total. The molecule has 0 saturated carbocycles. The Kier molecular flexibility index (Phi) is 5.43. The molecule has 0 bridgehead atoms. The van der Waals surface area contributed by atoms with E-state index < -0.39 is 0 Å². The van der Waals surface area contributed by atoms with Crippen LogP contribution < -0.4 is 5.32 Å². The standard InChI is InChI=1S/C16H20ClN3O2/c17-13-2-3-14-15(8-13)19-11-20-16(14)18-5-1-6-21-9-12-4-7-22-10-12/h2-3,8,11-12H,1,4-7,9-10H2,(H,18,19,20). The molecule has 1 aromatic heterocycles. The molecule has 1 aliphatic rings. The minimum atomic E-state index is 0.573. The van der Waals surface area contributed by atoms with Gasteiger partial charge in [0.2, 0.25) is 0 Å². The summed E-state index contributed by atoms with van der Waals surface area (Å²) in [5.41, 5.74) is 0.850. The fourth-order valence-electron chi connectivity index (χ4n) is 2.52. The van der Waals surface area contributed by atoms with E-state index in [1.165, 1.54) is 0 Å². The van der Waals surface area contributed by atoms with Gasteiger partial charge in [-0.05, 0) is 31.0 Å². The van der Waals surface area contributed by atoms with Crippen LogP contribution in [0.15, 0.2) is 24.5 Å². The average molecular weight is 322 g/mol. The maximum Gasteiger partial charge on any atom is 0.137 e. The third kappa shape index (κ3) is 4.06. The van der Waals surface area contributed by atoms with Crippen LogP contribution in [0.5, 0.6) is 0 Å². The molecule has 2 heterocycles. The van der Waals surface area contributed by atoms with Crippen molar-refractivity contribution >= 4 is 28.3 Å². The van der Waals surface area contributed by atoms with Gasteiger partial charge in [0.25, 0.3) is 0 Å². The van der Waals surface area contributed by atoms with Crippen molar-refractivity contribution in [2.75, 3.05) is 38.3 Å². The van der Waals surface area contributed by atoms with Crippen LogP contribution in [0, 0.1) is 5.92 Å². The summed E-state index contributed by atoms with van der Waals surface area (Å²) >= 11 is 5.98. The highest BCUT2D eigenvalue weighted by molar-refractivity contribution is 6.31. The Bertz CT molecular complexity index is 617. The molecule has 1 aromatic carbocycles. The topological polar surface area (TPSA) is 56.3 Å². The lowest BCUT2D eigenvalue weighted by Crippen LogP contribution is -2.12. The van der Waals surface area contributed by atoms with E-state index in [9.17, 15) is 0 Å². The van der Waals surface area contributed by atoms with Crippen LogP contribution in [0.4, 0.5) is 5.82 Å². The van der Waals surface area contributed by atoms with Crippen molar-refractivity contribution < 1.29 is 9.47 Å². The predicted octanol–water partition coefficient (Wildman–Crippen LogP) is 3.14. The molecule has 0 amide bonds. The Morgan fingerprint density at radius 2 is 2.32 bits per heavy atom. The number of nitrogens with zero attached hydrogens (tertiary/aromatic N) is 2. The average Bonchev–Trinajstić information content (AvgIpc) is 3.03. The number of ether oxygens (including phenoxy) is 2. The SMILES string of the molecule is Clc1ccc2c(NCCCOCC3CCOC3)ncnc2c1. The number of rotatable bonds is 7. The largest absolute Gasteiger partial charge is 0.381 e. The van der Waals surface area contributed by atoms with Crippen molar-refractivity contribution in [3.05, 3.63) is 29.5 Å². The molecule has 0 aliphatic carbocycles. The minimum Gasteiger partial charge on any atom is -0.381 e. The van der Waals surface area contributed by atoms with Crippen LogP contribution in [-0.2, 0) is 9.47 Å². The van der Waals surface area contributed by atoms with Gasteiger partial charge < -0.3 is 14.8 Å². The van der Waals surface area contributed by atoms with E-state index in [0.717, 1.165) is 62.5 Å². The fourth-order valence-corrected chi connectivity index (χ4v) is 2.68. The van der Waals surface area contributed by atoms with Gasteiger partial charge in [0.05, 0.1) is 18.7 Å². The number of fused-ring (bicyclic) bond motifs is 1. The highest BCUT2D eigenvalue weighted by atomic mass is 35.5. The smallest absolute Gasteiger partial charge is 0.137 e. The highest BCUT2D eigenvalue weighted by Gasteiger charge is 2.15. The zero-order chi connectivity index (χ0) is 15.2. The van der Waals surface area contributed by atoms with Crippen molar-refractivity contribution in [1.82, 2.24) is 9.97 Å². The number of hydrogen-bond donors (Lipinski definition) is 1. The lowest BCUT2D eigenvalue weighted by atomic mass is 10.1. The van der Waals surface area contributed by atoms with E-state index in [0.29, 0.717) is 10.9 Å². The third-order valence-corrected chi connectivity index (χ3v) is 3.97. The molecule has 3 rings (SSSR count). The molecule has 1 aliphatic heterocycles. The Labute approximate surface area is 135 Å². The summed E-state index contributed by atoms with van der Waals surface area (Å²) in [6.07, 6.45) is 3.61. The molecule has 1 fully saturated rings. The molecule has 1 saturated heterocycles. The van der Waals surface area contributed by atoms with Gasteiger partial charge in [-0.15, -0.1) is 0 Å². The van der Waals surface area contributed by atoms with Crippen molar-refractivity contribution in [3.8, 4) is 0 Å². The molecule has 1 atom stereocenters. The van der Waals surface area contributed by atoms with E-state index in [2.05, 4.69) is 15.3 Å². The van der Waals surface area contributed by atoms with Crippen molar-refractivity contribution in [2.24, 2.45) is 5.92 Å². The number of nitrogens with one attached hydrogen (secondary N) is 1. The highest BCUT2D eigenvalue weighted by Crippen LogP contribution is 2.22. The number of benzene rings is 1. The van der Waals surface area contributed by atoms with Gasteiger partial charge in [0.15, 0.2) is 0 Å². The van der Waals surface area contributed by atoms with E-state index in [-0.39, 0.29) is 0 Å². The maximum atomic E-state index is 5.98. The summed E-state index contributed by atoms with van der Waals surface area (Å²) in [5, 5.41) is 5.00. The van der Waals surface area contributed by atoms with Crippen LogP contribution in [0.2, 0.25) is 5.02 Å². The van der Waals surface area contributed by atoms with Crippen molar-refractivity contribution in [2.45, 2.75) is 12.8 Å². The number of halogens is 1. The Balaban J connectivity index is 1.43. The Hall–Kier alpha value is -1.43. The van der Waals surface area contributed by atoms with Gasteiger partial charge in [-0.1, -0.05) is 11.6 Å². The van der Waals surface area contributed by atoms with E-state index in [1.807, 2.05) is 18.2 Å². The quantitative estimate of drug-likeness (QED) is 0.794. The molecule has 0 radical (unpaired) electrons. The molecule has 1 unspecified atom stereocenters. The molecule has 118 valence electrons. The van der Waals surface area contributed by atoms with Gasteiger partial charge in [0, 0.05) is 36.1 Å². The first-order valence-corrected chi connectivity index (χ1v) is 8.00. The van der Waals surface area contributed by atoms with Gasteiger partial charge in [-0.3, -0.25) is 0 Å². The lowest BCUT2D eigenvalue weighted by molar-refractivity contribution is 0.0897. The first-order chi connectivity index (χ1) is 10.8. The van der Waals surface area contributed by atoms with Crippen LogP contribution in [-0.4, -0.2) is 42.9 Å². The first-order valence-electron chi connectivity index (χ1n) is 7.62. The molecular formula is C16H20ClN3O2. The maximum absolute atomic E-state index is 5.98. The number of anilines is 1. The summed E-state index contributed by atoms with van der Waals surface area (Å²) in [6, 6.07) is 5.64. The number of hydrogen-bond acceptors (Lipinski definition) is 5. The number of aromatic nitrogens is 2. The zero-order valence-electron chi connectivity index (χ0n) is 12.4. The predicted molar refractivity (Wildman–Crippen MR) is 87.4 cm³/mol. The summed E-state index contributed by atoms with van der Waals surface area (Å²) in [7, 11) is 0. The van der Waals surface area contributed by atoms with Gasteiger partial charge >= 0.3 is 0 Å². The van der Waals surface area contributed by atoms with Crippen molar-refractivity contribution in [1.29, 1.82) is 0 Å². The second-order valence-electron chi connectivity index (χ2n) is 5.47. The second kappa shape index (κ2) is 7.72. The molecule has 1 N–H and O–H groups in total. The Morgan fingerprint density at radius 3 is 3.18 bits per heavy atom. The third-order valence-electron chi connectivity index (χ3n) is 3.73. The molecule has 0 spiro atoms. The van der Waals surface area contributed by atoms with Crippen LogP contribution >= 0.6 is 11.6 Å².